The standard InChI is InChI=1S/C28H31FN6O9S/c1-30-25(38)31-20-6-7-22-18(14-20)8-11-28(22)24(37)35(27(41)44-28)16-23(36)34(15-17-2-4-19(29)5-3-17)21-9-12-33(13-10-21)45(42,43)32-26(39)40/h2-7,14,21,32H,8-13,15-16H2,1H3,(H,39,40)(H2,30,31,38)/t28-/m1/s1. The van der Waals surface area contributed by atoms with Gasteiger partial charge in [-0.15, -0.1) is 0 Å². The third-order valence-electron chi connectivity index (χ3n) is 8.14. The number of nitrogens with zero attached hydrogens (tertiary/aromatic N) is 3. The average Bonchev–Trinajstić information content (AvgIpc) is 3.47. The van der Waals surface area contributed by atoms with Crippen LogP contribution in [0.4, 0.5) is 24.5 Å². The van der Waals surface area contributed by atoms with Crippen molar-refractivity contribution in [2.75, 3.05) is 32.0 Å². The fourth-order valence-electron chi connectivity index (χ4n) is 5.93. The molecule has 0 radical (unpaired) electrons. The summed E-state index contributed by atoms with van der Waals surface area (Å²) in [5.41, 5.74) is 0.602. The van der Waals surface area contributed by atoms with E-state index in [2.05, 4.69) is 10.6 Å². The van der Waals surface area contributed by atoms with Gasteiger partial charge in [-0.1, -0.05) is 18.2 Å². The lowest BCUT2D eigenvalue weighted by atomic mass is 9.94. The van der Waals surface area contributed by atoms with Gasteiger partial charge in [0, 0.05) is 50.4 Å². The Morgan fingerprint density at radius 1 is 1.11 bits per heavy atom. The van der Waals surface area contributed by atoms with Crippen molar-refractivity contribution in [3.05, 3.63) is 65.0 Å². The lowest BCUT2D eigenvalue weighted by Gasteiger charge is -2.38. The van der Waals surface area contributed by atoms with E-state index in [1.165, 1.54) is 40.9 Å². The van der Waals surface area contributed by atoms with Crippen LogP contribution in [-0.2, 0) is 43.1 Å². The van der Waals surface area contributed by atoms with Crippen molar-refractivity contribution >= 4 is 45.9 Å². The maximum Gasteiger partial charge on any atom is 0.419 e. The number of fused-ring (bicyclic) bond motifs is 2. The molecule has 2 saturated heterocycles. The van der Waals surface area contributed by atoms with Crippen LogP contribution in [0.5, 0.6) is 0 Å². The number of aryl methyl sites for hydroxylation is 1. The van der Waals surface area contributed by atoms with Crippen LogP contribution in [0.2, 0.25) is 0 Å². The molecule has 2 fully saturated rings. The molecular weight excluding hydrogens is 615 g/mol. The number of amides is 6. The molecule has 2 aliphatic heterocycles. The fraction of sp³-hybridized carbons (Fsp3) is 0.393. The van der Waals surface area contributed by atoms with Crippen molar-refractivity contribution in [3.8, 4) is 0 Å². The Morgan fingerprint density at radius 2 is 1.80 bits per heavy atom. The molecule has 1 aliphatic carbocycles. The summed E-state index contributed by atoms with van der Waals surface area (Å²) in [5, 5.41) is 14.0. The summed E-state index contributed by atoms with van der Waals surface area (Å²) < 4.78 is 46.3. The van der Waals surface area contributed by atoms with Gasteiger partial charge in [-0.25, -0.2) is 28.4 Å². The molecule has 3 aliphatic rings. The van der Waals surface area contributed by atoms with Crippen LogP contribution in [0.15, 0.2) is 42.5 Å². The zero-order valence-electron chi connectivity index (χ0n) is 24.1. The van der Waals surface area contributed by atoms with E-state index in [1.54, 1.807) is 18.2 Å². The molecule has 6 amide bonds. The first-order chi connectivity index (χ1) is 21.3. The van der Waals surface area contributed by atoms with Gasteiger partial charge in [-0.3, -0.25) is 9.59 Å². The molecule has 0 aromatic heterocycles. The Morgan fingerprint density at radius 3 is 2.44 bits per heavy atom. The predicted molar refractivity (Wildman–Crippen MR) is 154 cm³/mol. The van der Waals surface area contributed by atoms with E-state index in [1.807, 2.05) is 0 Å². The van der Waals surface area contributed by atoms with Crippen LogP contribution in [0, 0.1) is 5.82 Å². The van der Waals surface area contributed by atoms with Gasteiger partial charge in [0.05, 0.1) is 0 Å². The minimum Gasteiger partial charge on any atom is -0.464 e. The van der Waals surface area contributed by atoms with Gasteiger partial charge in [0.2, 0.25) is 11.5 Å². The van der Waals surface area contributed by atoms with Gasteiger partial charge in [0.25, 0.3) is 5.91 Å². The SMILES string of the molecule is CNC(=O)Nc1ccc2c(c1)CC[C@@]21OC(=O)N(CC(=O)N(Cc2ccc(F)cc2)C2CCN(S(=O)(=O)NC(=O)O)CC2)C1=O. The van der Waals surface area contributed by atoms with Gasteiger partial charge in [-0.2, -0.15) is 12.7 Å². The van der Waals surface area contributed by atoms with Crippen LogP contribution in [-0.4, -0.2) is 90.4 Å². The van der Waals surface area contributed by atoms with Crippen LogP contribution >= 0.6 is 0 Å². The summed E-state index contributed by atoms with van der Waals surface area (Å²) in [5.74, 6) is -1.80. The minimum atomic E-state index is -4.30. The maximum absolute atomic E-state index is 13.8. The molecule has 1 spiro atoms. The normalized spacial score (nSPS) is 20.1. The second-order valence-electron chi connectivity index (χ2n) is 10.9. The van der Waals surface area contributed by atoms with E-state index in [0.717, 1.165) is 9.21 Å². The summed E-state index contributed by atoms with van der Waals surface area (Å²) in [6.45, 7) is -0.856. The number of urea groups is 1. The maximum atomic E-state index is 13.8. The van der Waals surface area contributed by atoms with E-state index >= 15 is 0 Å². The summed E-state index contributed by atoms with van der Waals surface area (Å²) in [6, 6.07) is 9.33. The molecule has 45 heavy (non-hydrogen) atoms. The zero-order valence-corrected chi connectivity index (χ0v) is 24.9. The zero-order chi connectivity index (χ0) is 32.5. The molecule has 2 aromatic rings. The monoisotopic (exact) mass is 646 g/mol. The number of rotatable bonds is 8. The fourth-order valence-corrected chi connectivity index (χ4v) is 6.97. The number of piperidine rings is 1. The van der Waals surface area contributed by atoms with Crippen LogP contribution in [0.25, 0.3) is 0 Å². The Hall–Kier alpha value is -4.77. The molecular formula is C28H31FN6O9S. The highest BCUT2D eigenvalue weighted by Gasteiger charge is 2.58. The Kier molecular flexibility index (Phi) is 8.66. The molecule has 2 aromatic carbocycles. The largest absolute Gasteiger partial charge is 0.464 e. The molecule has 240 valence electrons. The van der Waals surface area contributed by atoms with Crippen molar-refractivity contribution in [2.24, 2.45) is 0 Å². The first-order valence-electron chi connectivity index (χ1n) is 14.0. The smallest absolute Gasteiger partial charge is 0.419 e. The number of hydrogen-bond donors (Lipinski definition) is 4. The van der Waals surface area contributed by atoms with Crippen molar-refractivity contribution in [1.82, 2.24) is 24.1 Å². The lowest BCUT2D eigenvalue weighted by molar-refractivity contribution is -0.143. The number of nitrogens with one attached hydrogen (secondary N) is 3. The molecule has 2 heterocycles. The number of carbonyl (C=O) groups is 5. The topological polar surface area (TPSA) is 195 Å². The van der Waals surface area contributed by atoms with Crippen LogP contribution < -0.4 is 15.4 Å². The van der Waals surface area contributed by atoms with E-state index in [0.29, 0.717) is 28.8 Å². The average molecular weight is 647 g/mol. The van der Waals surface area contributed by atoms with E-state index < -0.39 is 64.2 Å². The van der Waals surface area contributed by atoms with E-state index in [-0.39, 0.29) is 38.9 Å². The van der Waals surface area contributed by atoms with Crippen LogP contribution in [0.1, 0.15) is 36.0 Å². The highest BCUT2D eigenvalue weighted by atomic mass is 32.2. The van der Waals surface area contributed by atoms with Gasteiger partial charge < -0.3 is 25.4 Å². The summed E-state index contributed by atoms with van der Waals surface area (Å²) in [7, 11) is -2.82. The number of imide groups is 1. The number of carbonyl (C=O) groups excluding carboxylic acids is 4. The van der Waals surface area contributed by atoms with E-state index in [4.69, 9.17) is 9.84 Å². The number of anilines is 1. The van der Waals surface area contributed by atoms with Crippen molar-refractivity contribution in [3.63, 3.8) is 0 Å². The Bertz CT molecular complexity index is 1650. The number of halogens is 1. The summed E-state index contributed by atoms with van der Waals surface area (Å²) in [6.07, 6.45) is -1.91. The predicted octanol–water partition coefficient (Wildman–Crippen LogP) is 1.70. The molecule has 17 heteroatoms. The quantitative estimate of drug-likeness (QED) is 0.330. The Balaban J connectivity index is 1.34. The van der Waals surface area contributed by atoms with Gasteiger partial charge in [0.15, 0.2) is 0 Å². The van der Waals surface area contributed by atoms with Gasteiger partial charge in [-0.05, 0) is 54.7 Å². The molecule has 1 atom stereocenters. The van der Waals surface area contributed by atoms with E-state index in [9.17, 15) is 36.8 Å². The number of hydrogen-bond acceptors (Lipinski definition) is 8. The highest BCUT2D eigenvalue weighted by Crippen LogP contribution is 2.46. The van der Waals surface area contributed by atoms with Gasteiger partial charge in [0.1, 0.15) is 12.4 Å². The molecule has 5 rings (SSSR count). The summed E-state index contributed by atoms with van der Waals surface area (Å²) >= 11 is 0. The first kappa shape index (κ1) is 31.6. The van der Waals surface area contributed by atoms with Gasteiger partial charge >= 0.3 is 28.4 Å². The lowest BCUT2D eigenvalue weighted by Crippen LogP contribution is -2.53. The van der Waals surface area contributed by atoms with Crippen molar-refractivity contribution < 1.29 is 46.6 Å². The van der Waals surface area contributed by atoms with Crippen molar-refractivity contribution in [2.45, 2.75) is 43.9 Å². The summed E-state index contributed by atoms with van der Waals surface area (Å²) in [4.78, 5) is 65.4. The molecule has 15 nitrogen and oxygen atoms in total. The third kappa shape index (κ3) is 6.39. The number of ether oxygens (including phenoxy) is 1. The third-order valence-corrected chi connectivity index (χ3v) is 9.62. The van der Waals surface area contributed by atoms with Crippen LogP contribution in [0.3, 0.4) is 0 Å². The molecule has 0 unspecified atom stereocenters. The number of benzene rings is 2. The van der Waals surface area contributed by atoms with Crippen molar-refractivity contribution in [1.29, 1.82) is 0 Å². The molecule has 0 bridgehead atoms. The second-order valence-corrected chi connectivity index (χ2v) is 12.5. The molecule has 0 saturated carbocycles. The first-order valence-corrected chi connectivity index (χ1v) is 15.5. The molecule has 4 N–H and O–H groups in total. The highest BCUT2D eigenvalue weighted by molar-refractivity contribution is 7.87. The Labute approximate surface area is 257 Å². The minimum absolute atomic E-state index is 0.0178. The number of carboxylic acid groups (broad SMARTS) is 1. The second kappa shape index (κ2) is 12.3.